The van der Waals surface area contributed by atoms with Crippen LogP contribution in [-0.2, 0) is 14.0 Å². The zero-order chi connectivity index (χ0) is 24.6. The molecule has 0 amide bonds. The summed E-state index contributed by atoms with van der Waals surface area (Å²) in [6.07, 6.45) is -3.88. The molecule has 3 heterocycles. The monoisotopic (exact) mass is 512 g/mol. The molecule has 5 N–H and O–H groups in total. The minimum absolute atomic E-state index is 0.0133. The first-order chi connectivity index (χ1) is 16.0. The van der Waals surface area contributed by atoms with Crippen LogP contribution in [0.15, 0.2) is 36.5 Å². The third-order valence-corrected chi connectivity index (χ3v) is 6.32. The molecular formula is C21H26ClN4O7P. The standard InChI is InChI=1S/C21H26ClN4O7P/c1-11-3-5-13(6-4-11)12(2)23-18-14-7-8-26(19(14)25-21(22)24-18)20-17(28)16(27)15(33-20)9-32-10-34(29,30)31/h3-8,12,15-17,20,27-28H,9-10H2,1-2H3,(H,23,24,25)(H2,29,30,31)/t12-,15-,16-,17-,20-/m1/s1. The predicted octanol–water partition coefficient (Wildman–Crippen LogP) is 2.34. The van der Waals surface area contributed by atoms with Gasteiger partial charge in [-0.15, -0.1) is 0 Å². The van der Waals surface area contributed by atoms with Crippen molar-refractivity contribution in [1.29, 1.82) is 0 Å². The highest BCUT2D eigenvalue weighted by Gasteiger charge is 2.44. The molecule has 184 valence electrons. The van der Waals surface area contributed by atoms with E-state index < -0.39 is 38.5 Å². The Labute approximate surface area is 200 Å². The number of nitrogens with zero attached hydrogens (tertiary/aromatic N) is 3. The molecule has 0 unspecified atom stereocenters. The number of aliphatic hydroxyl groups is 2. The molecule has 11 nitrogen and oxygen atoms in total. The number of aliphatic hydroxyl groups excluding tert-OH is 2. The van der Waals surface area contributed by atoms with Gasteiger partial charge in [0.1, 0.15) is 36.1 Å². The zero-order valence-corrected chi connectivity index (χ0v) is 20.1. The zero-order valence-electron chi connectivity index (χ0n) is 18.4. The summed E-state index contributed by atoms with van der Waals surface area (Å²) in [6, 6.07) is 9.76. The van der Waals surface area contributed by atoms with Gasteiger partial charge in [-0.2, -0.15) is 4.98 Å². The summed E-state index contributed by atoms with van der Waals surface area (Å²) in [5.41, 5.74) is 2.60. The van der Waals surface area contributed by atoms with Crippen LogP contribution >= 0.6 is 19.2 Å². The molecule has 0 aliphatic carbocycles. The highest BCUT2D eigenvalue weighted by molar-refractivity contribution is 7.51. The summed E-state index contributed by atoms with van der Waals surface area (Å²) in [5.74, 6) is 0.497. The van der Waals surface area contributed by atoms with Gasteiger partial charge in [0.25, 0.3) is 0 Å². The van der Waals surface area contributed by atoms with Gasteiger partial charge in [0, 0.05) is 12.2 Å². The van der Waals surface area contributed by atoms with Crippen molar-refractivity contribution in [3.8, 4) is 0 Å². The number of hydrogen-bond acceptors (Lipinski definition) is 8. The number of halogens is 1. The molecule has 0 bridgehead atoms. The van der Waals surface area contributed by atoms with Gasteiger partial charge in [-0.3, -0.25) is 4.57 Å². The van der Waals surface area contributed by atoms with E-state index in [0.29, 0.717) is 16.9 Å². The van der Waals surface area contributed by atoms with E-state index in [1.165, 1.54) is 4.57 Å². The SMILES string of the molecule is Cc1ccc([C@@H](C)Nc2nc(Cl)nc3c2ccn3[C@@H]2O[C@H](COCP(=O)(O)O)[C@@H](O)[C@H]2O)cc1. The first-order valence-corrected chi connectivity index (χ1v) is 12.7. The summed E-state index contributed by atoms with van der Waals surface area (Å²) in [7, 11) is -4.37. The van der Waals surface area contributed by atoms with E-state index in [1.54, 1.807) is 12.3 Å². The van der Waals surface area contributed by atoms with E-state index in [0.717, 1.165) is 11.1 Å². The van der Waals surface area contributed by atoms with Crippen molar-refractivity contribution in [1.82, 2.24) is 14.5 Å². The van der Waals surface area contributed by atoms with Crippen molar-refractivity contribution in [3.05, 3.63) is 52.9 Å². The van der Waals surface area contributed by atoms with Crippen molar-refractivity contribution in [2.75, 3.05) is 18.3 Å². The van der Waals surface area contributed by atoms with Crippen molar-refractivity contribution < 1.29 is 34.0 Å². The summed E-state index contributed by atoms with van der Waals surface area (Å²) < 4.78 is 23.2. The molecule has 1 aromatic carbocycles. The van der Waals surface area contributed by atoms with Gasteiger partial charge in [0.2, 0.25) is 5.28 Å². The van der Waals surface area contributed by atoms with Crippen LogP contribution < -0.4 is 5.32 Å². The smallest absolute Gasteiger partial charge is 0.350 e. The maximum Gasteiger partial charge on any atom is 0.350 e. The molecule has 1 fully saturated rings. The Kier molecular flexibility index (Phi) is 7.28. The van der Waals surface area contributed by atoms with Gasteiger partial charge in [-0.25, -0.2) is 4.98 Å². The molecule has 4 rings (SSSR count). The number of hydrogen-bond donors (Lipinski definition) is 5. The molecule has 0 spiro atoms. The Balaban J connectivity index is 1.56. The molecule has 34 heavy (non-hydrogen) atoms. The second-order valence-corrected chi connectivity index (χ2v) is 10.2. The summed E-state index contributed by atoms with van der Waals surface area (Å²) in [4.78, 5) is 26.5. The van der Waals surface area contributed by atoms with Crippen molar-refractivity contribution in [2.45, 2.75) is 44.4 Å². The minimum atomic E-state index is -4.37. The second-order valence-electron chi connectivity index (χ2n) is 8.29. The topological polar surface area (TPSA) is 159 Å². The fraction of sp³-hybridized carbons (Fsp3) is 0.429. The number of benzene rings is 1. The first-order valence-electron chi connectivity index (χ1n) is 10.5. The predicted molar refractivity (Wildman–Crippen MR) is 125 cm³/mol. The van der Waals surface area contributed by atoms with Crippen molar-refractivity contribution >= 4 is 36.0 Å². The Morgan fingerprint density at radius 2 is 1.91 bits per heavy atom. The molecule has 1 aliphatic heterocycles. The van der Waals surface area contributed by atoms with Crippen LogP contribution in [0.2, 0.25) is 5.28 Å². The Bertz CT molecular complexity index is 1200. The molecular weight excluding hydrogens is 487 g/mol. The van der Waals surface area contributed by atoms with Gasteiger partial charge >= 0.3 is 7.60 Å². The van der Waals surface area contributed by atoms with E-state index in [4.69, 9.17) is 30.9 Å². The van der Waals surface area contributed by atoms with Crippen LogP contribution in [0.3, 0.4) is 0 Å². The number of fused-ring (bicyclic) bond motifs is 1. The molecule has 1 aliphatic rings. The lowest BCUT2D eigenvalue weighted by molar-refractivity contribution is -0.0610. The highest BCUT2D eigenvalue weighted by atomic mass is 35.5. The van der Waals surface area contributed by atoms with Crippen LogP contribution in [0.25, 0.3) is 11.0 Å². The Morgan fingerprint density at radius 3 is 2.59 bits per heavy atom. The van der Waals surface area contributed by atoms with E-state index in [1.807, 2.05) is 38.1 Å². The molecule has 13 heteroatoms. The molecule has 3 aromatic rings. The average Bonchev–Trinajstić information content (AvgIpc) is 3.29. The lowest BCUT2D eigenvalue weighted by atomic mass is 10.1. The second kappa shape index (κ2) is 9.88. The third kappa shape index (κ3) is 5.42. The summed E-state index contributed by atoms with van der Waals surface area (Å²) >= 11 is 6.19. The lowest BCUT2D eigenvalue weighted by Crippen LogP contribution is -2.33. The van der Waals surface area contributed by atoms with E-state index >= 15 is 0 Å². The lowest BCUT2D eigenvalue weighted by Gasteiger charge is -2.19. The molecule has 2 aromatic heterocycles. The minimum Gasteiger partial charge on any atom is -0.387 e. The van der Waals surface area contributed by atoms with Crippen LogP contribution in [0.1, 0.15) is 30.3 Å². The van der Waals surface area contributed by atoms with Crippen molar-refractivity contribution in [2.24, 2.45) is 0 Å². The van der Waals surface area contributed by atoms with Crippen LogP contribution in [0.5, 0.6) is 0 Å². The number of aromatic nitrogens is 3. The van der Waals surface area contributed by atoms with E-state index in [9.17, 15) is 14.8 Å². The van der Waals surface area contributed by atoms with Crippen LogP contribution in [0, 0.1) is 6.92 Å². The van der Waals surface area contributed by atoms with Gasteiger partial charge in [-0.1, -0.05) is 29.8 Å². The van der Waals surface area contributed by atoms with Crippen LogP contribution in [-0.4, -0.2) is 65.8 Å². The molecule has 5 atom stereocenters. The van der Waals surface area contributed by atoms with E-state index in [2.05, 4.69) is 15.3 Å². The Morgan fingerprint density at radius 1 is 1.21 bits per heavy atom. The molecule has 0 radical (unpaired) electrons. The first kappa shape index (κ1) is 25.0. The summed E-state index contributed by atoms with van der Waals surface area (Å²) in [5, 5.41) is 24.9. The number of nitrogens with one attached hydrogen (secondary N) is 1. The van der Waals surface area contributed by atoms with Crippen LogP contribution in [0.4, 0.5) is 5.82 Å². The van der Waals surface area contributed by atoms with Gasteiger partial charge in [0.05, 0.1) is 12.0 Å². The molecule has 0 saturated carbocycles. The fourth-order valence-corrected chi connectivity index (χ4v) is 4.36. The maximum atomic E-state index is 11.0. The maximum absolute atomic E-state index is 11.0. The van der Waals surface area contributed by atoms with Crippen molar-refractivity contribution in [3.63, 3.8) is 0 Å². The van der Waals surface area contributed by atoms with Gasteiger partial charge in [0.15, 0.2) is 6.23 Å². The van der Waals surface area contributed by atoms with Gasteiger partial charge in [-0.05, 0) is 37.1 Å². The quantitative estimate of drug-likeness (QED) is 0.224. The fourth-order valence-electron chi connectivity index (χ4n) is 3.85. The average molecular weight is 513 g/mol. The Hall–Kier alpha value is -2.08. The number of rotatable bonds is 8. The normalized spacial score (nSPS) is 24.0. The van der Waals surface area contributed by atoms with E-state index in [-0.39, 0.29) is 17.9 Å². The largest absolute Gasteiger partial charge is 0.387 e. The molecule has 1 saturated heterocycles. The third-order valence-electron chi connectivity index (χ3n) is 5.63. The number of aryl methyl sites for hydroxylation is 1. The van der Waals surface area contributed by atoms with Gasteiger partial charge < -0.3 is 39.4 Å². The number of ether oxygens (including phenoxy) is 2. The number of anilines is 1. The highest BCUT2D eigenvalue weighted by Crippen LogP contribution is 2.37. The summed E-state index contributed by atoms with van der Waals surface area (Å²) in [6.45, 7) is 3.70.